The van der Waals surface area contributed by atoms with Crippen LogP contribution in [0.3, 0.4) is 0 Å². The molecule has 2 N–H and O–H groups in total. The summed E-state index contributed by atoms with van der Waals surface area (Å²) in [5.74, 6) is -1.14. The van der Waals surface area contributed by atoms with E-state index >= 15 is 0 Å². The molecule has 2 amide bonds. The third-order valence-corrected chi connectivity index (χ3v) is 3.77. The van der Waals surface area contributed by atoms with Gasteiger partial charge in [-0.3, -0.25) is 9.59 Å². The quantitative estimate of drug-likeness (QED) is 0.476. The van der Waals surface area contributed by atoms with E-state index in [4.69, 9.17) is 27.9 Å². The van der Waals surface area contributed by atoms with Crippen LogP contribution in [0.5, 0.6) is 5.75 Å². The number of ether oxygens (including phenoxy) is 1. The van der Waals surface area contributed by atoms with Gasteiger partial charge in [-0.15, -0.1) is 0 Å². The molecule has 130 valence electrons. The molecule has 0 heterocycles. The van der Waals surface area contributed by atoms with Gasteiger partial charge in [0.2, 0.25) is 0 Å². The van der Waals surface area contributed by atoms with Gasteiger partial charge in [-0.25, -0.2) is 5.43 Å². The van der Waals surface area contributed by atoms with Crippen molar-refractivity contribution in [1.29, 1.82) is 0 Å². The van der Waals surface area contributed by atoms with Crippen molar-refractivity contribution in [3.63, 3.8) is 0 Å². The van der Waals surface area contributed by atoms with Crippen molar-refractivity contribution in [2.24, 2.45) is 5.10 Å². The smallest absolute Gasteiger partial charge is 0.329 e. The number of likely N-dealkylation sites (N-methyl/N-ethyl adjacent to an activating group) is 1. The molecule has 2 aromatic carbocycles. The van der Waals surface area contributed by atoms with Gasteiger partial charge in [0, 0.05) is 17.6 Å². The normalized spacial score (nSPS) is 10.5. The predicted molar refractivity (Wildman–Crippen MR) is 97.0 cm³/mol. The zero-order valence-corrected chi connectivity index (χ0v) is 14.8. The highest BCUT2D eigenvalue weighted by atomic mass is 35.5. The fraction of sp³-hybridized carbons (Fsp3) is 0.118. The van der Waals surface area contributed by atoms with Gasteiger partial charge >= 0.3 is 11.8 Å². The van der Waals surface area contributed by atoms with Crippen LogP contribution in [0.2, 0.25) is 10.0 Å². The molecule has 0 saturated heterocycles. The van der Waals surface area contributed by atoms with Gasteiger partial charge in [0.15, 0.2) is 0 Å². The lowest BCUT2D eigenvalue weighted by Crippen LogP contribution is -2.35. The van der Waals surface area contributed by atoms with Gasteiger partial charge in [-0.05, 0) is 29.8 Å². The summed E-state index contributed by atoms with van der Waals surface area (Å²) in [4.78, 5) is 22.3. The molecule has 0 saturated carbocycles. The van der Waals surface area contributed by atoms with Crippen molar-refractivity contribution in [1.82, 2.24) is 10.7 Å². The summed E-state index contributed by atoms with van der Waals surface area (Å²) in [7, 11) is 1.35. The molecular formula is C17H15Cl2N3O3. The van der Waals surface area contributed by atoms with Crippen LogP contribution in [-0.4, -0.2) is 25.1 Å². The number of hydrogen-bond acceptors (Lipinski definition) is 4. The van der Waals surface area contributed by atoms with E-state index in [9.17, 15) is 9.59 Å². The van der Waals surface area contributed by atoms with Crippen molar-refractivity contribution < 1.29 is 14.3 Å². The van der Waals surface area contributed by atoms with E-state index in [1.807, 2.05) is 18.2 Å². The maximum absolute atomic E-state index is 11.2. The highest BCUT2D eigenvalue weighted by Crippen LogP contribution is 2.26. The third-order valence-electron chi connectivity index (χ3n) is 3.11. The summed E-state index contributed by atoms with van der Waals surface area (Å²) < 4.78 is 5.66. The van der Waals surface area contributed by atoms with Gasteiger partial charge in [0.05, 0.1) is 11.2 Å². The number of benzene rings is 2. The third kappa shape index (κ3) is 5.48. The minimum atomic E-state index is -0.857. The van der Waals surface area contributed by atoms with Crippen LogP contribution in [0.1, 0.15) is 11.1 Å². The number of carbonyl (C=O) groups is 2. The zero-order chi connectivity index (χ0) is 18.2. The Morgan fingerprint density at radius 2 is 1.88 bits per heavy atom. The lowest BCUT2D eigenvalue weighted by molar-refractivity contribution is -0.138. The summed E-state index contributed by atoms with van der Waals surface area (Å²) in [6, 6.07) is 12.4. The van der Waals surface area contributed by atoms with Gasteiger partial charge in [0.25, 0.3) is 0 Å². The van der Waals surface area contributed by atoms with Crippen LogP contribution in [0, 0.1) is 0 Å². The molecule has 0 spiro atoms. The first-order valence-electron chi connectivity index (χ1n) is 7.22. The Hall–Kier alpha value is -2.57. The van der Waals surface area contributed by atoms with E-state index in [2.05, 4.69) is 15.8 Å². The van der Waals surface area contributed by atoms with Crippen molar-refractivity contribution in [2.75, 3.05) is 7.05 Å². The average molecular weight is 380 g/mol. The maximum atomic E-state index is 11.2. The molecule has 0 bridgehead atoms. The van der Waals surface area contributed by atoms with Crippen LogP contribution in [0.4, 0.5) is 0 Å². The first-order chi connectivity index (χ1) is 12.0. The SMILES string of the molecule is CNC(=O)C(=O)N/N=C\c1ccc(OCc2ccccc2Cl)c(Cl)c1. The molecule has 6 nitrogen and oxygen atoms in total. The van der Waals surface area contributed by atoms with Crippen molar-refractivity contribution >= 4 is 41.2 Å². The standard InChI is InChI=1S/C17H15Cl2N3O3/c1-20-16(23)17(24)22-21-9-11-6-7-15(14(19)8-11)25-10-12-4-2-3-5-13(12)18/h2-9H,10H2,1H3,(H,20,23)(H,22,24)/b21-9-. The number of nitrogens with one attached hydrogen (secondary N) is 2. The predicted octanol–water partition coefficient (Wildman–Crippen LogP) is 2.77. The number of rotatable bonds is 5. The Morgan fingerprint density at radius 1 is 1.12 bits per heavy atom. The van der Waals surface area contributed by atoms with Gasteiger partial charge in [-0.1, -0.05) is 41.4 Å². The summed E-state index contributed by atoms with van der Waals surface area (Å²) in [5.41, 5.74) is 3.58. The molecule has 2 rings (SSSR count). The first-order valence-corrected chi connectivity index (χ1v) is 7.97. The molecule has 0 radical (unpaired) electrons. The number of halogens is 2. The molecular weight excluding hydrogens is 365 g/mol. The Morgan fingerprint density at radius 3 is 2.56 bits per heavy atom. The van der Waals surface area contributed by atoms with Crippen molar-refractivity contribution in [2.45, 2.75) is 6.61 Å². The van der Waals surface area contributed by atoms with Gasteiger partial charge in [0.1, 0.15) is 12.4 Å². The highest BCUT2D eigenvalue weighted by Gasteiger charge is 2.09. The van der Waals surface area contributed by atoms with Gasteiger partial charge in [-0.2, -0.15) is 5.10 Å². The molecule has 0 unspecified atom stereocenters. The monoisotopic (exact) mass is 379 g/mol. The highest BCUT2D eigenvalue weighted by molar-refractivity contribution is 6.35. The van der Waals surface area contributed by atoms with Crippen molar-refractivity contribution in [3.8, 4) is 5.75 Å². The lowest BCUT2D eigenvalue weighted by atomic mass is 10.2. The lowest BCUT2D eigenvalue weighted by Gasteiger charge is -2.09. The molecule has 0 aromatic heterocycles. The van der Waals surface area contributed by atoms with E-state index < -0.39 is 11.8 Å². The first kappa shape index (κ1) is 18.8. The molecule has 0 aliphatic heterocycles. The second-order valence-corrected chi connectivity index (χ2v) is 5.66. The molecule has 8 heteroatoms. The molecule has 0 fully saturated rings. The number of nitrogens with zero attached hydrogens (tertiary/aromatic N) is 1. The summed E-state index contributed by atoms with van der Waals surface area (Å²) >= 11 is 12.3. The largest absolute Gasteiger partial charge is 0.487 e. The summed E-state index contributed by atoms with van der Waals surface area (Å²) in [5, 5.41) is 6.88. The Bertz CT molecular complexity index is 809. The summed E-state index contributed by atoms with van der Waals surface area (Å²) in [6.07, 6.45) is 1.37. The Kier molecular flexibility index (Phi) is 6.80. The molecule has 2 aromatic rings. The zero-order valence-electron chi connectivity index (χ0n) is 13.3. The minimum absolute atomic E-state index is 0.287. The molecule has 25 heavy (non-hydrogen) atoms. The van der Waals surface area contributed by atoms with Crippen molar-refractivity contribution in [3.05, 3.63) is 63.6 Å². The second-order valence-electron chi connectivity index (χ2n) is 4.85. The number of carbonyl (C=O) groups excluding carboxylic acids is 2. The second kappa shape index (κ2) is 9.05. The van der Waals surface area contributed by atoms with E-state index in [1.165, 1.54) is 13.3 Å². The van der Waals surface area contributed by atoms with E-state index in [1.54, 1.807) is 24.3 Å². The Balaban J connectivity index is 1.97. The maximum Gasteiger partial charge on any atom is 0.329 e. The van der Waals surface area contributed by atoms with Crippen LogP contribution < -0.4 is 15.5 Å². The van der Waals surface area contributed by atoms with Crippen LogP contribution >= 0.6 is 23.2 Å². The van der Waals surface area contributed by atoms with E-state index in [-0.39, 0.29) is 6.61 Å². The number of amides is 2. The van der Waals surface area contributed by atoms with Crippen LogP contribution in [0.25, 0.3) is 0 Å². The fourth-order valence-corrected chi connectivity index (χ4v) is 2.25. The van der Waals surface area contributed by atoms with Crippen LogP contribution in [0.15, 0.2) is 47.6 Å². The van der Waals surface area contributed by atoms with Gasteiger partial charge < -0.3 is 10.1 Å². The topological polar surface area (TPSA) is 79.8 Å². The Labute approximate surface area is 154 Å². The fourth-order valence-electron chi connectivity index (χ4n) is 1.82. The summed E-state index contributed by atoms with van der Waals surface area (Å²) in [6.45, 7) is 0.287. The minimum Gasteiger partial charge on any atom is -0.487 e. The van der Waals surface area contributed by atoms with Crippen LogP contribution in [-0.2, 0) is 16.2 Å². The van der Waals surface area contributed by atoms with E-state index in [0.717, 1.165) is 5.56 Å². The molecule has 0 aliphatic carbocycles. The number of hydrogen-bond donors (Lipinski definition) is 2. The average Bonchev–Trinajstić information content (AvgIpc) is 2.61. The molecule has 0 atom stereocenters. The van der Waals surface area contributed by atoms with E-state index in [0.29, 0.717) is 21.4 Å². The number of hydrazone groups is 1. The molecule has 0 aliphatic rings.